The molecule has 1 aliphatic carbocycles. The second-order valence-corrected chi connectivity index (χ2v) is 7.60. The highest BCUT2D eigenvalue weighted by atomic mass is 32.1. The lowest BCUT2D eigenvalue weighted by atomic mass is 9.64. The zero-order chi connectivity index (χ0) is 13.2. The maximum absolute atomic E-state index is 4.62. The third-order valence-electron chi connectivity index (χ3n) is 3.93. The molecule has 1 heterocycles. The average molecular weight is 266 g/mol. The van der Waals surface area contributed by atoms with E-state index < -0.39 is 0 Å². The number of nitrogens with one attached hydrogen (secondary N) is 1. The topological polar surface area (TPSA) is 24.9 Å². The zero-order valence-corrected chi connectivity index (χ0v) is 12.9. The minimum atomic E-state index is 0.116. The fraction of sp³-hybridized carbons (Fsp3) is 0.800. The van der Waals surface area contributed by atoms with Crippen molar-refractivity contribution >= 4 is 11.3 Å². The molecule has 1 aromatic heterocycles. The van der Waals surface area contributed by atoms with Gasteiger partial charge < -0.3 is 5.32 Å². The molecule has 1 aromatic rings. The summed E-state index contributed by atoms with van der Waals surface area (Å²) in [4.78, 5) is 4.62. The summed E-state index contributed by atoms with van der Waals surface area (Å²) in [7, 11) is 0. The van der Waals surface area contributed by atoms with E-state index in [9.17, 15) is 0 Å². The van der Waals surface area contributed by atoms with E-state index in [1.54, 1.807) is 0 Å². The SMILES string of the molecule is CCCNC1(c2nccs2)CC(C)CC(C)(C)C1. The van der Waals surface area contributed by atoms with Crippen molar-refractivity contribution in [3.63, 3.8) is 0 Å². The Morgan fingerprint density at radius 3 is 2.78 bits per heavy atom. The maximum atomic E-state index is 4.62. The Balaban J connectivity index is 2.29. The molecule has 1 saturated carbocycles. The first-order valence-electron chi connectivity index (χ1n) is 7.12. The summed E-state index contributed by atoms with van der Waals surface area (Å²) in [6.07, 6.45) is 6.89. The smallest absolute Gasteiger partial charge is 0.113 e. The molecule has 0 aromatic carbocycles. The average Bonchev–Trinajstić information content (AvgIpc) is 2.77. The Hall–Kier alpha value is -0.410. The zero-order valence-electron chi connectivity index (χ0n) is 12.1. The van der Waals surface area contributed by atoms with Gasteiger partial charge in [0.2, 0.25) is 0 Å². The molecule has 102 valence electrons. The highest BCUT2D eigenvalue weighted by Crippen LogP contribution is 2.48. The van der Waals surface area contributed by atoms with Crippen LogP contribution in [0.3, 0.4) is 0 Å². The van der Waals surface area contributed by atoms with Gasteiger partial charge in [-0.15, -0.1) is 11.3 Å². The van der Waals surface area contributed by atoms with Crippen LogP contribution in [0.1, 0.15) is 58.4 Å². The van der Waals surface area contributed by atoms with Crippen molar-refractivity contribution in [3.05, 3.63) is 16.6 Å². The Morgan fingerprint density at radius 2 is 2.22 bits per heavy atom. The van der Waals surface area contributed by atoms with E-state index in [0.29, 0.717) is 5.41 Å². The molecule has 0 amide bonds. The number of thiazole rings is 1. The number of aromatic nitrogens is 1. The third kappa shape index (κ3) is 2.94. The first-order valence-corrected chi connectivity index (χ1v) is 8.00. The van der Waals surface area contributed by atoms with Crippen molar-refractivity contribution in [2.24, 2.45) is 11.3 Å². The quantitative estimate of drug-likeness (QED) is 0.884. The van der Waals surface area contributed by atoms with Crippen molar-refractivity contribution in [1.29, 1.82) is 0 Å². The maximum Gasteiger partial charge on any atom is 0.113 e. The summed E-state index contributed by atoms with van der Waals surface area (Å²) in [6.45, 7) is 10.5. The molecule has 0 spiro atoms. The van der Waals surface area contributed by atoms with Crippen LogP contribution in [-0.2, 0) is 5.54 Å². The van der Waals surface area contributed by atoms with Gasteiger partial charge in [0, 0.05) is 11.6 Å². The molecule has 1 fully saturated rings. The van der Waals surface area contributed by atoms with Crippen LogP contribution in [0.15, 0.2) is 11.6 Å². The number of hydrogen-bond donors (Lipinski definition) is 1. The summed E-state index contributed by atoms with van der Waals surface area (Å²) in [5, 5.41) is 7.22. The van der Waals surface area contributed by atoms with Gasteiger partial charge in [0.15, 0.2) is 0 Å². The molecular formula is C15H26N2S. The summed E-state index contributed by atoms with van der Waals surface area (Å²) in [5.74, 6) is 0.766. The Kier molecular flexibility index (Phi) is 4.12. The highest BCUT2D eigenvalue weighted by molar-refractivity contribution is 7.09. The Labute approximate surface area is 115 Å². The summed E-state index contributed by atoms with van der Waals surface area (Å²) >= 11 is 1.81. The van der Waals surface area contributed by atoms with E-state index in [4.69, 9.17) is 0 Å². The van der Waals surface area contributed by atoms with Crippen LogP contribution in [0.25, 0.3) is 0 Å². The van der Waals surface area contributed by atoms with Gasteiger partial charge >= 0.3 is 0 Å². The number of hydrogen-bond acceptors (Lipinski definition) is 3. The standard InChI is InChI=1S/C15H26N2S/c1-5-6-17-15(13-16-7-8-18-13)10-12(2)9-14(3,4)11-15/h7-8,12,17H,5-6,9-11H2,1-4H3. The minimum Gasteiger partial charge on any atom is -0.305 e. The second kappa shape index (κ2) is 5.30. The van der Waals surface area contributed by atoms with E-state index in [-0.39, 0.29) is 5.54 Å². The number of rotatable bonds is 4. The van der Waals surface area contributed by atoms with Crippen molar-refractivity contribution in [1.82, 2.24) is 10.3 Å². The lowest BCUT2D eigenvalue weighted by molar-refractivity contribution is 0.0795. The summed E-state index contributed by atoms with van der Waals surface area (Å²) in [5.41, 5.74) is 0.523. The van der Waals surface area contributed by atoms with Gasteiger partial charge in [-0.3, -0.25) is 0 Å². The highest BCUT2D eigenvalue weighted by Gasteiger charge is 2.45. The van der Waals surface area contributed by atoms with E-state index in [2.05, 4.69) is 43.4 Å². The van der Waals surface area contributed by atoms with Crippen LogP contribution in [0.2, 0.25) is 0 Å². The van der Waals surface area contributed by atoms with Gasteiger partial charge in [-0.1, -0.05) is 27.7 Å². The fourth-order valence-electron chi connectivity index (χ4n) is 3.77. The normalized spacial score (nSPS) is 31.4. The molecule has 2 rings (SSSR count). The Bertz CT molecular complexity index is 372. The molecule has 2 unspecified atom stereocenters. The molecule has 2 nitrogen and oxygen atoms in total. The van der Waals surface area contributed by atoms with Gasteiger partial charge in [-0.05, 0) is 43.6 Å². The second-order valence-electron chi connectivity index (χ2n) is 6.70. The molecule has 0 saturated heterocycles. The van der Waals surface area contributed by atoms with Crippen molar-refractivity contribution in [2.45, 2.75) is 58.9 Å². The lowest BCUT2D eigenvalue weighted by Crippen LogP contribution is -2.50. The molecule has 3 heteroatoms. The van der Waals surface area contributed by atoms with Crippen LogP contribution in [0.5, 0.6) is 0 Å². The van der Waals surface area contributed by atoms with Gasteiger partial charge in [0.05, 0.1) is 5.54 Å². The van der Waals surface area contributed by atoms with Crippen LogP contribution >= 0.6 is 11.3 Å². The molecule has 1 N–H and O–H groups in total. The predicted molar refractivity (Wildman–Crippen MR) is 78.9 cm³/mol. The van der Waals surface area contributed by atoms with Gasteiger partial charge in [0.25, 0.3) is 0 Å². The summed E-state index contributed by atoms with van der Waals surface area (Å²) < 4.78 is 0. The largest absolute Gasteiger partial charge is 0.305 e. The minimum absolute atomic E-state index is 0.116. The summed E-state index contributed by atoms with van der Waals surface area (Å²) in [6, 6.07) is 0. The van der Waals surface area contributed by atoms with Crippen LogP contribution < -0.4 is 5.32 Å². The fourth-order valence-corrected chi connectivity index (χ4v) is 4.59. The van der Waals surface area contributed by atoms with Gasteiger partial charge in [-0.2, -0.15) is 0 Å². The first-order chi connectivity index (χ1) is 8.47. The molecule has 0 bridgehead atoms. The van der Waals surface area contributed by atoms with Crippen LogP contribution in [0.4, 0.5) is 0 Å². The first kappa shape index (κ1) is 14.0. The predicted octanol–water partition coefficient (Wildman–Crippen LogP) is 4.18. The van der Waals surface area contributed by atoms with Gasteiger partial charge in [-0.25, -0.2) is 4.98 Å². The molecule has 18 heavy (non-hydrogen) atoms. The molecule has 2 atom stereocenters. The van der Waals surface area contributed by atoms with E-state index in [1.165, 1.54) is 30.7 Å². The third-order valence-corrected chi connectivity index (χ3v) is 4.91. The van der Waals surface area contributed by atoms with Crippen molar-refractivity contribution < 1.29 is 0 Å². The van der Waals surface area contributed by atoms with Crippen LogP contribution in [-0.4, -0.2) is 11.5 Å². The van der Waals surface area contributed by atoms with Gasteiger partial charge in [0.1, 0.15) is 5.01 Å². The monoisotopic (exact) mass is 266 g/mol. The molecule has 1 aliphatic rings. The van der Waals surface area contributed by atoms with E-state index in [1.807, 2.05) is 17.5 Å². The van der Waals surface area contributed by atoms with E-state index >= 15 is 0 Å². The molecular weight excluding hydrogens is 240 g/mol. The van der Waals surface area contributed by atoms with Crippen LogP contribution in [0, 0.1) is 11.3 Å². The van der Waals surface area contributed by atoms with Crippen molar-refractivity contribution in [3.8, 4) is 0 Å². The molecule has 0 aliphatic heterocycles. The Morgan fingerprint density at radius 1 is 1.44 bits per heavy atom. The number of nitrogens with zero attached hydrogens (tertiary/aromatic N) is 1. The van der Waals surface area contributed by atoms with E-state index in [0.717, 1.165) is 12.5 Å². The molecule has 0 radical (unpaired) electrons. The lowest BCUT2D eigenvalue weighted by Gasteiger charge is -2.47. The van der Waals surface area contributed by atoms with Crippen molar-refractivity contribution in [2.75, 3.05) is 6.54 Å².